The number of unbranched alkanes of at least 4 members (excludes halogenated alkanes) is 1. The topological polar surface area (TPSA) is 21.3 Å². The SMILES string of the molecule is CCCCOCCNCc1ccc(C)c(Cl)c1. The highest BCUT2D eigenvalue weighted by Crippen LogP contribution is 2.16. The minimum Gasteiger partial charge on any atom is -0.380 e. The molecule has 1 aromatic carbocycles. The van der Waals surface area contributed by atoms with Crippen LogP contribution in [0, 0.1) is 6.92 Å². The molecule has 0 aliphatic carbocycles. The van der Waals surface area contributed by atoms with Crippen molar-refractivity contribution >= 4 is 11.6 Å². The van der Waals surface area contributed by atoms with Crippen molar-refractivity contribution in [1.29, 1.82) is 0 Å². The Hall–Kier alpha value is -0.570. The van der Waals surface area contributed by atoms with E-state index in [4.69, 9.17) is 16.3 Å². The number of halogens is 1. The fourth-order valence-electron chi connectivity index (χ4n) is 1.47. The van der Waals surface area contributed by atoms with Crippen molar-refractivity contribution in [3.8, 4) is 0 Å². The molecule has 0 aliphatic rings. The lowest BCUT2D eigenvalue weighted by atomic mass is 10.1. The van der Waals surface area contributed by atoms with Crippen LogP contribution in [0.3, 0.4) is 0 Å². The highest BCUT2D eigenvalue weighted by molar-refractivity contribution is 6.31. The van der Waals surface area contributed by atoms with E-state index < -0.39 is 0 Å². The van der Waals surface area contributed by atoms with Crippen molar-refractivity contribution in [3.63, 3.8) is 0 Å². The molecule has 1 rings (SSSR count). The summed E-state index contributed by atoms with van der Waals surface area (Å²) < 4.78 is 5.47. The summed E-state index contributed by atoms with van der Waals surface area (Å²) >= 11 is 6.06. The smallest absolute Gasteiger partial charge is 0.0591 e. The summed E-state index contributed by atoms with van der Waals surface area (Å²) in [5.74, 6) is 0. The maximum Gasteiger partial charge on any atom is 0.0591 e. The van der Waals surface area contributed by atoms with Gasteiger partial charge >= 0.3 is 0 Å². The average Bonchev–Trinajstić information content (AvgIpc) is 2.32. The highest BCUT2D eigenvalue weighted by atomic mass is 35.5. The predicted molar refractivity (Wildman–Crippen MR) is 73.6 cm³/mol. The molecule has 0 saturated carbocycles. The van der Waals surface area contributed by atoms with E-state index in [0.29, 0.717) is 0 Å². The van der Waals surface area contributed by atoms with Gasteiger partial charge in [0.15, 0.2) is 0 Å². The van der Waals surface area contributed by atoms with Crippen LogP contribution in [-0.2, 0) is 11.3 Å². The molecule has 2 nitrogen and oxygen atoms in total. The van der Waals surface area contributed by atoms with Gasteiger partial charge in [0, 0.05) is 24.7 Å². The lowest BCUT2D eigenvalue weighted by Gasteiger charge is -2.07. The van der Waals surface area contributed by atoms with Crippen LogP contribution in [0.5, 0.6) is 0 Å². The summed E-state index contributed by atoms with van der Waals surface area (Å²) in [5.41, 5.74) is 2.34. The van der Waals surface area contributed by atoms with Crippen LogP contribution in [-0.4, -0.2) is 19.8 Å². The van der Waals surface area contributed by atoms with E-state index in [9.17, 15) is 0 Å². The largest absolute Gasteiger partial charge is 0.380 e. The second-order valence-corrected chi connectivity index (χ2v) is 4.63. The van der Waals surface area contributed by atoms with Gasteiger partial charge in [0.1, 0.15) is 0 Å². The summed E-state index contributed by atoms with van der Waals surface area (Å²) in [6.45, 7) is 7.56. The average molecular weight is 256 g/mol. The predicted octanol–water partition coefficient (Wildman–Crippen LogP) is 3.55. The highest BCUT2D eigenvalue weighted by Gasteiger charge is 1.97. The van der Waals surface area contributed by atoms with Crippen LogP contribution < -0.4 is 5.32 Å². The van der Waals surface area contributed by atoms with Crippen molar-refractivity contribution < 1.29 is 4.74 Å². The quantitative estimate of drug-likeness (QED) is 0.718. The first-order chi connectivity index (χ1) is 8.24. The van der Waals surface area contributed by atoms with Gasteiger partial charge in [-0.05, 0) is 30.5 Å². The molecule has 0 fully saturated rings. The number of hydrogen-bond donors (Lipinski definition) is 1. The van der Waals surface area contributed by atoms with Gasteiger partial charge < -0.3 is 10.1 Å². The molecule has 0 amide bonds. The third kappa shape index (κ3) is 6.06. The molecule has 1 N–H and O–H groups in total. The van der Waals surface area contributed by atoms with E-state index in [1.807, 2.05) is 13.0 Å². The molecule has 96 valence electrons. The van der Waals surface area contributed by atoms with Gasteiger partial charge in [-0.25, -0.2) is 0 Å². The number of aryl methyl sites for hydroxylation is 1. The number of hydrogen-bond acceptors (Lipinski definition) is 2. The lowest BCUT2D eigenvalue weighted by Crippen LogP contribution is -2.19. The molecule has 0 aromatic heterocycles. The minimum atomic E-state index is 0.777. The van der Waals surface area contributed by atoms with Crippen molar-refractivity contribution in [2.24, 2.45) is 0 Å². The molecular weight excluding hydrogens is 234 g/mol. The number of benzene rings is 1. The lowest BCUT2D eigenvalue weighted by molar-refractivity contribution is 0.133. The summed E-state index contributed by atoms with van der Waals surface area (Å²) in [7, 11) is 0. The Labute approximate surface area is 109 Å². The Kier molecular flexibility index (Phi) is 7.25. The molecule has 0 unspecified atom stereocenters. The van der Waals surface area contributed by atoms with Crippen LogP contribution in [0.4, 0.5) is 0 Å². The van der Waals surface area contributed by atoms with Crippen LogP contribution in [0.2, 0.25) is 5.02 Å². The Bertz CT molecular complexity index is 328. The van der Waals surface area contributed by atoms with Gasteiger partial charge in [-0.1, -0.05) is 37.1 Å². The maximum absolute atomic E-state index is 6.06. The third-order valence-corrected chi connectivity index (χ3v) is 3.04. The molecule has 0 atom stereocenters. The first-order valence-corrected chi connectivity index (χ1v) is 6.65. The van der Waals surface area contributed by atoms with Gasteiger partial charge in [0.25, 0.3) is 0 Å². The van der Waals surface area contributed by atoms with E-state index in [1.54, 1.807) is 0 Å². The maximum atomic E-state index is 6.06. The normalized spacial score (nSPS) is 10.8. The molecule has 1 aromatic rings. The molecule has 0 heterocycles. The summed E-state index contributed by atoms with van der Waals surface area (Å²) in [6.07, 6.45) is 2.34. The first-order valence-electron chi connectivity index (χ1n) is 6.27. The second-order valence-electron chi connectivity index (χ2n) is 4.23. The van der Waals surface area contributed by atoms with Crippen molar-refractivity contribution in [1.82, 2.24) is 5.32 Å². The van der Waals surface area contributed by atoms with Crippen molar-refractivity contribution in [3.05, 3.63) is 34.3 Å². The molecule has 0 spiro atoms. The number of ether oxygens (including phenoxy) is 1. The van der Waals surface area contributed by atoms with E-state index in [0.717, 1.165) is 43.3 Å². The van der Waals surface area contributed by atoms with Gasteiger partial charge in [-0.15, -0.1) is 0 Å². The van der Waals surface area contributed by atoms with Crippen LogP contribution in [0.15, 0.2) is 18.2 Å². The van der Waals surface area contributed by atoms with E-state index >= 15 is 0 Å². The number of rotatable bonds is 8. The second kappa shape index (κ2) is 8.51. The minimum absolute atomic E-state index is 0.777. The van der Waals surface area contributed by atoms with Gasteiger partial charge in [0.05, 0.1) is 6.61 Å². The van der Waals surface area contributed by atoms with Crippen LogP contribution in [0.1, 0.15) is 30.9 Å². The standard InChI is InChI=1S/C14H22ClNO/c1-3-4-8-17-9-7-16-11-13-6-5-12(2)14(15)10-13/h5-6,10,16H,3-4,7-9,11H2,1-2H3. The Morgan fingerprint density at radius 1 is 1.29 bits per heavy atom. The molecular formula is C14H22ClNO. The van der Waals surface area contributed by atoms with E-state index in [1.165, 1.54) is 12.0 Å². The zero-order valence-electron chi connectivity index (χ0n) is 10.8. The van der Waals surface area contributed by atoms with E-state index in [-0.39, 0.29) is 0 Å². The van der Waals surface area contributed by atoms with Gasteiger partial charge in [-0.3, -0.25) is 0 Å². The monoisotopic (exact) mass is 255 g/mol. The zero-order chi connectivity index (χ0) is 12.5. The fourth-order valence-corrected chi connectivity index (χ4v) is 1.67. The van der Waals surface area contributed by atoms with Crippen molar-refractivity contribution in [2.75, 3.05) is 19.8 Å². The molecule has 17 heavy (non-hydrogen) atoms. The fraction of sp³-hybridized carbons (Fsp3) is 0.571. The molecule has 0 aliphatic heterocycles. The number of nitrogens with one attached hydrogen (secondary N) is 1. The van der Waals surface area contributed by atoms with Gasteiger partial charge in [0.2, 0.25) is 0 Å². The molecule has 3 heteroatoms. The Balaban J connectivity index is 2.11. The molecule has 0 bridgehead atoms. The summed E-state index contributed by atoms with van der Waals surface area (Å²) in [6, 6.07) is 6.17. The molecule has 0 radical (unpaired) electrons. The summed E-state index contributed by atoms with van der Waals surface area (Å²) in [5, 5.41) is 4.18. The summed E-state index contributed by atoms with van der Waals surface area (Å²) in [4.78, 5) is 0. The first kappa shape index (κ1) is 14.5. The van der Waals surface area contributed by atoms with Crippen molar-refractivity contribution in [2.45, 2.75) is 33.2 Å². The Morgan fingerprint density at radius 2 is 2.12 bits per heavy atom. The third-order valence-electron chi connectivity index (χ3n) is 2.63. The van der Waals surface area contributed by atoms with Gasteiger partial charge in [-0.2, -0.15) is 0 Å². The molecule has 0 saturated heterocycles. The zero-order valence-corrected chi connectivity index (χ0v) is 11.5. The van der Waals surface area contributed by atoms with Crippen LogP contribution in [0.25, 0.3) is 0 Å². The Morgan fingerprint density at radius 3 is 2.82 bits per heavy atom. The van der Waals surface area contributed by atoms with Crippen LogP contribution >= 0.6 is 11.6 Å². The van der Waals surface area contributed by atoms with E-state index in [2.05, 4.69) is 24.4 Å².